The quantitative estimate of drug-likeness (QED) is 0.722. The molecule has 1 aliphatic heterocycles. The maximum Gasteiger partial charge on any atom is 0.250 e. The van der Waals surface area contributed by atoms with Crippen LogP contribution in [0.4, 0.5) is 0 Å². The van der Waals surface area contributed by atoms with Crippen molar-refractivity contribution in [2.24, 2.45) is 0 Å². The van der Waals surface area contributed by atoms with Gasteiger partial charge in [0.15, 0.2) is 0 Å². The molecule has 0 saturated carbocycles. The Bertz CT molecular complexity index is 364. The van der Waals surface area contributed by atoms with Crippen molar-refractivity contribution in [3.8, 4) is 0 Å². The molecule has 1 aromatic rings. The van der Waals surface area contributed by atoms with Gasteiger partial charge in [0.1, 0.15) is 0 Å². The van der Waals surface area contributed by atoms with Crippen LogP contribution in [0.15, 0.2) is 23.1 Å². The zero-order valence-electron chi connectivity index (χ0n) is 8.49. The first kappa shape index (κ1) is 9.46. The standard InChI is InChI=1S/C11H16N2O/c1-9-2-3-11(14)13(8-9)10-4-6-12-7-5-10/h2-3,8,10,12H,4-7H2,1H3. The summed E-state index contributed by atoms with van der Waals surface area (Å²) >= 11 is 0. The summed E-state index contributed by atoms with van der Waals surface area (Å²) in [5.74, 6) is 0. The Balaban J connectivity index is 2.29. The summed E-state index contributed by atoms with van der Waals surface area (Å²) in [6.45, 7) is 4.06. The Kier molecular flexibility index (Phi) is 2.68. The van der Waals surface area contributed by atoms with Gasteiger partial charge in [0.05, 0.1) is 0 Å². The molecule has 0 atom stereocenters. The highest BCUT2D eigenvalue weighted by molar-refractivity contribution is 5.08. The summed E-state index contributed by atoms with van der Waals surface area (Å²) < 4.78 is 1.89. The fraction of sp³-hybridized carbons (Fsp3) is 0.545. The minimum Gasteiger partial charge on any atom is -0.317 e. The lowest BCUT2D eigenvalue weighted by molar-refractivity contribution is 0.360. The van der Waals surface area contributed by atoms with Crippen LogP contribution in [0.5, 0.6) is 0 Å². The Morgan fingerprint density at radius 3 is 2.79 bits per heavy atom. The molecule has 0 unspecified atom stereocenters. The molecule has 3 nitrogen and oxygen atoms in total. The molecule has 0 radical (unpaired) electrons. The van der Waals surface area contributed by atoms with Gasteiger partial charge in [0.2, 0.25) is 0 Å². The van der Waals surface area contributed by atoms with Crippen LogP contribution in [0, 0.1) is 6.92 Å². The maximum absolute atomic E-state index is 11.6. The van der Waals surface area contributed by atoms with Crippen molar-refractivity contribution in [2.45, 2.75) is 25.8 Å². The van der Waals surface area contributed by atoms with E-state index in [2.05, 4.69) is 5.32 Å². The second-order valence-electron chi connectivity index (χ2n) is 3.93. The van der Waals surface area contributed by atoms with Crippen LogP contribution in [0.1, 0.15) is 24.4 Å². The summed E-state index contributed by atoms with van der Waals surface area (Å²) in [6.07, 6.45) is 4.09. The second-order valence-corrected chi connectivity index (χ2v) is 3.93. The van der Waals surface area contributed by atoms with Gasteiger partial charge >= 0.3 is 0 Å². The number of hydrogen-bond acceptors (Lipinski definition) is 2. The zero-order valence-corrected chi connectivity index (χ0v) is 8.49. The summed E-state index contributed by atoms with van der Waals surface area (Å²) in [6, 6.07) is 3.93. The molecule has 1 aromatic heterocycles. The van der Waals surface area contributed by atoms with Crippen molar-refractivity contribution >= 4 is 0 Å². The van der Waals surface area contributed by atoms with Gasteiger partial charge in [-0.1, -0.05) is 6.07 Å². The Labute approximate surface area is 83.8 Å². The molecule has 0 bridgehead atoms. The van der Waals surface area contributed by atoms with Crippen LogP contribution in [0.25, 0.3) is 0 Å². The van der Waals surface area contributed by atoms with E-state index in [1.165, 1.54) is 0 Å². The van der Waals surface area contributed by atoms with Crippen LogP contribution < -0.4 is 10.9 Å². The molecule has 1 aliphatic rings. The monoisotopic (exact) mass is 192 g/mol. The fourth-order valence-electron chi connectivity index (χ4n) is 1.99. The van der Waals surface area contributed by atoms with Gasteiger partial charge < -0.3 is 9.88 Å². The lowest BCUT2D eigenvalue weighted by Crippen LogP contribution is -2.33. The van der Waals surface area contributed by atoms with E-state index in [0.717, 1.165) is 31.5 Å². The van der Waals surface area contributed by atoms with Crippen LogP contribution in [-0.4, -0.2) is 17.7 Å². The van der Waals surface area contributed by atoms with Crippen LogP contribution in [0.2, 0.25) is 0 Å². The van der Waals surface area contributed by atoms with E-state index in [-0.39, 0.29) is 5.56 Å². The first-order valence-corrected chi connectivity index (χ1v) is 5.17. The zero-order chi connectivity index (χ0) is 9.97. The summed E-state index contributed by atoms with van der Waals surface area (Å²) in [4.78, 5) is 11.6. The van der Waals surface area contributed by atoms with Gasteiger partial charge in [0.25, 0.3) is 5.56 Å². The molecule has 0 aromatic carbocycles. The molecule has 0 spiro atoms. The van der Waals surface area contributed by atoms with Crippen LogP contribution >= 0.6 is 0 Å². The number of rotatable bonds is 1. The highest BCUT2D eigenvalue weighted by Gasteiger charge is 2.15. The Morgan fingerprint density at radius 1 is 1.36 bits per heavy atom. The van der Waals surface area contributed by atoms with Gasteiger partial charge in [-0.15, -0.1) is 0 Å². The van der Waals surface area contributed by atoms with Gasteiger partial charge in [-0.05, 0) is 38.4 Å². The number of nitrogens with one attached hydrogen (secondary N) is 1. The summed E-state index contributed by atoms with van der Waals surface area (Å²) in [5, 5.41) is 3.30. The number of hydrogen-bond donors (Lipinski definition) is 1. The number of aromatic nitrogens is 1. The average Bonchev–Trinajstić information content (AvgIpc) is 2.23. The number of aryl methyl sites for hydroxylation is 1. The highest BCUT2D eigenvalue weighted by Crippen LogP contribution is 2.16. The predicted octanol–water partition coefficient (Wildman–Crippen LogP) is 1.08. The topological polar surface area (TPSA) is 34.0 Å². The Hall–Kier alpha value is -1.09. The van der Waals surface area contributed by atoms with Crippen molar-refractivity contribution in [1.29, 1.82) is 0 Å². The SMILES string of the molecule is Cc1ccc(=O)n(C2CCNCC2)c1. The van der Waals surface area contributed by atoms with Crippen molar-refractivity contribution in [3.05, 3.63) is 34.2 Å². The third kappa shape index (κ3) is 1.87. The van der Waals surface area contributed by atoms with Gasteiger partial charge in [0, 0.05) is 18.3 Å². The number of piperidine rings is 1. The molecule has 0 aliphatic carbocycles. The Morgan fingerprint density at radius 2 is 2.07 bits per heavy atom. The van der Waals surface area contributed by atoms with E-state index in [0.29, 0.717) is 6.04 Å². The lowest BCUT2D eigenvalue weighted by Gasteiger charge is -2.24. The third-order valence-corrected chi connectivity index (χ3v) is 2.79. The van der Waals surface area contributed by atoms with E-state index >= 15 is 0 Å². The van der Waals surface area contributed by atoms with Crippen LogP contribution in [0.3, 0.4) is 0 Å². The van der Waals surface area contributed by atoms with Crippen molar-refractivity contribution in [1.82, 2.24) is 9.88 Å². The van der Waals surface area contributed by atoms with E-state index in [1.54, 1.807) is 6.07 Å². The van der Waals surface area contributed by atoms with Crippen molar-refractivity contribution in [2.75, 3.05) is 13.1 Å². The van der Waals surface area contributed by atoms with Crippen molar-refractivity contribution in [3.63, 3.8) is 0 Å². The van der Waals surface area contributed by atoms with Gasteiger partial charge in [-0.25, -0.2) is 0 Å². The first-order valence-electron chi connectivity index (χ1n) is 5.17. The molecular weight excluding hydrogens is 176 g/mol. The third-order valence-electron chi connectivity index (χ3n) is 2.79. The second kappa shape index (κ2) is 3.96. The molecule has 3 heteroatoms. The molecule has 1 N–H and O–H groups in total. The molecule has 0 amide bonds. The minimum absolute atomic E-state index is 0.127. The predicted molar refractivity (Wildman–Crippen MR) is 56.6 cm³/mol. The highest BCUT2D eigenvalue weighted by atomic mass is 16.1. The molecule has 76 valence electrons. The van der Waals surface area contributed by atoms with E-state index < -0.39 is 0 Å². The van der Waals surface area contributed by atoms with E-state index in [4.69, 9.17) is 0 Å². The molecule has 14 heavy (non-hydrogen) atoms. The first-order chi connectivity index (χ1) is 6.77. The number of pyridine rings is 1. The fourth-order valence-corrected chi connectivity index (χ4v) is 1.99. The molecule has 1 saturated heterocycles. The molecule has 2 heterocycles. The average molecular weight is 192 g/mol. The largest absolute Gasteiger partial charge is 0.317 e. The smallest absolute Gasteiger partial charge is 0.250 e. The minimum atomic E-state index is 0.127. The molecule has 1 fully saturated rings. The summed E-state index contributed by atoms with van der Waals surface area (Å²) in [5.41, 5.74) is 1.28. The number of nitrogens with zero attached hydrogens (tertiary/aromatic N) is 1. The van der Waals surface area contributed by atoms with Gasteiger partial charge in [-0.2, -0.15) is 0 Å². The lowest BCUT2D eigenvalue weighted by atomic mass is 10.1. The van der Waals surface area contributed by atoms with Gasteiger partial charge in [-0.3, -0.25) is 4.79 Å². The van der Waals surface area contributed by atoms with E-state index in [1.807, 2.05) is 23.8 Å². The maximum atomic E-state index is 11.6. The molecule has 2 rings (SSSR count). The summed E-state index contributed by atoms with van der Waals surface area (Å²) in [7, 11) is 0. The van der Waals surface area contributed by atoms with Crippen molar-refractivity contribution < 1.29 is 0 Å². The normalized spacial score (nSPS) is 18.4. The van der Waals surface area contributed by atoms with E-state index in [9.17, 15) is 4.79 Å². The van der Waals surface area contributed by atoms with Crippen LogP contribution in [-0.2, 0) is 0 Å². The molecular formula is C11H16N2O.